The van der Waals surface area contributed by atoms with Crippen molar-refractivity contribution < 1.29 is 0 Å². The molecule has 1 fully saturated rings. The van der Waals surface area contributed by atoms with Crippen LogP contribution in [0.3, 0.4) is 0 Å². The zero-order valence-electron chi connectivity index (χ0n) is 14.1. The number of benzene rings is 1. The Morgan fingerprint density at radius 1 is 0.962 bits per heavy atom. The molecule has 130 valence electrons. The van der Waals surface area contributed by atoms with Crippen molar-refractivity contribution in [2.45, 2.75) is 0 Å². The predicted octanol–water partition coefficient (Wildman–Crippen LogP) is 1.59. The van der Waals surface area contributed by atoms with E-state index in [1.165, 1.54) is 5.69 Å². The molecule has 1 aliphatic heterocycles. The molecule has 3 aromatic heterocycles. The van der Waals surface area contributed by atoms with Gasteiger partial charge in [0.05, 0.1) is 11.8 Å². The first-order valence-electron chi connectivity index (χ1n) is 8.66. The summed E-state index contributed by atoms with van der Waals surface area (Å²) in [4.78, 5) is 10.0. The van der Waals surface area contributed by atoms with Crippen LogP contribution in [0.5, 0.6) is 0 Å². The summed E-state index contributed by atoms with van der Waals surface area (Å²) in [7, 11) is 0. The molecule has 4 aromatic rings. The van der Waals surface area contributed by atoms with Crippen molar-refractivity contribution in [3.05, 3.63) is 48.9 Å². The fourth-order valence-corrected chi connectivity index (χ4v) is 3.26. The third kappa shape index (κ3) is 2.60. The van der Waals surface area contributed by atoms with Gasteiger partial charge in [0, 0.05) is 49.8 Å². The molecule has 26 heavy (non-hydrogen) atoms. The largest absolute Gasteiger partial charge is 0.369 e. The van der Waals surface area contributed by atoms with Gasteiger partial charge in [-0.15, -0.1) is 10.2 Å². The molecule has 8 heteroatoms. The third-order valence-electron chi connectivity index (χ3n) is 4.64. The average molecular weight is 346 g/mol. The second-order valence-corrected chi connectivity index (χ2v) is 6.25. The first-order chi connectivity index (χ1) is 12.9. The van der Waals surface area contributed by atoms with Gasteiger partial charge in [-0.25, -0.2) is 9.50 Å². The maximum absolute atomic E-state index is 4.36. The van der Waals surface area contributed by atoms with Crippen molar-refractivity contribution in [2.24, 2.45) is 0 Å². The molecule has 1 aromatic carbocycles. The summed E-state index contributed by atoms with van der Waals surface area (Å²) in [5, 5.41) is 16.2. The minimum absolute atomic E-state index is 0.667. The molecule has 1 aliphatic rings. The minimum Gasteiger partial charge on any atom is -0.369 e. The Kier molecular flexibility index (Phi) is 3.60. The van der Waals surface area contributed by atoms with Gasteiger partial charge in [0.15, 0.2) is 17.3 Å². The van der Waals surface area contributed by atoms with Crippen molar-refractivity contribution in [2.75, 3.05) is 31.1 Å². The van der Waals surface area contributed by atoms with Crippen LogP contribution in [0.2, 0.25) is 0 Å². The SMILES string of the molecule is c1cnc2c(-c3nnc(-c4ccc(N5CCNCC5)cc4)[nH]3)cnn2c1. The van der Waals surface area contributed by atoms with E-state index >= 15 is 0 Å². The molecule has 0 bridgehead atoms. The average Bonchev–Trinajstić information content (AvgIpc) is 3.36. The van der Waals surface area contributed by atoms with Gasteiger partial charge in [0.2, 0.25) is 0 Å². The number of aromatic amines is 1. The Morgan fingerprint density at radius 3 is 2.62 bits per heavy atom. The van der Waals surface area contributed by atoms with Crippen LogP contribution in [0, 0.1) is 0 Å². The molecule has 5 rings (SSSR count). The van der Waals surface area contributed by atoms with Crippen LogP contribution in [-0.4, -0.2) is 56.0 Å². The maximum Gasteiger partial charge on any atom is 0.167 e. The Labute approximate surface area is 149 Å². The number of hydrogen-bond acceptors (Lipinski definition) is 6. The Balaban J connectivity index is 1.43. The van der Waals surface area contributed by atoms with Crippen LogP contribution >= 0.6 is 0 Å². The summed E-state index contributed by atoms with van der Waals surface area (Å²) >= 11 is 0. The van der Waals surface area contributed by atoms with Crippen molar-refractivity contribution >= 4 is 11.3 Å². The van der Waals surface area contributed by atoms with Crippen LogP contribution < -0.4 is 10.2 Å². The number of H-pyrrole nitrogens is 1. The molecule has 0 saturated carbocycles. The van der Waals surface area contributed by atoms with Crippen LogP contribution in [0.1, 0.15) is 0 Å². The highest BCUT2D eigenvalue weighted by Crippen LogP contribution is 2.24. The van der Waals surface area contributed by atoms with Crippen molar-refractivity contribution in [3.8, 4) is 22.8 Å². The van der Waals surface area contributed by atoms with Gasteiger partial charge >= 0.3 is 0 Å². The molecule has 0 radical (unpaired) electrons. The number of hydrogen-bond donors (Lipinski definition) is 2. The molecule has 0 aliphatic carbocycles. The number of rotatable bonds is 3. The van der Waals surface area contributed by atoms with Gasteiger partial charge in [-0.05, 0) is 30.3 Å². The quantitative estimate of drug-likeness (QED) is 0.586. The summed E-state index contributed by atoms with van der Waals surface area (Å²) in [6, 6.07) is 10.3. The first-order valence-corrected chi connectivity index (χ1v) is 8.66. The summed E-state index contributed by atoms with van der Waals surface area (Å²) in [6.07, 6.45) is 5.35. The number of piperazine rings is 1. The van der Waals surface area contributed by atoms with E-state index in [1.807, 2.05) is 12.3 Å². The molecule has 0 atom stereocenters. The van der Waals surface area contributed by atoms with Gasteiger partial charge in [0.25, 0.3) is 0 Å². The van der Waals surface area contributed by atoms with Crippen molar-refractivity contribution in [1.29, 1.82) is 0 Å². The monoisotopic (exact) mass is 346 g/mol. The van der Waals surface area contributed by atoms with Crippen LogP contribution in [0.25, 0.3) is 28.4 Å². The lowest BCUT2D eigenvalue weighted by molar-refractivity contribution is 0.589. The minimum atomic E-state index is 0.667. The topological polar surface area (TPSA) is 87.0 Å². The molecule has 1 saturated heterocycles. The third-order valence-corrected chi connectivity index (χ3v) is 4.64. The molecule has 0 unspecified atom stereocenters. The summed E-state index contributed by atoms with van der Waals surface area (Å²) in [5.41, 5.74) is 3.83. The second-order valence-electron chi connectivity index (χ2n) is 6.25. The van der Waals surface area contributed by atoms with Gasteiger partial charge in [-0.3, -0.25) is 0 Å². The van der Waals surface area contributed by atoms with Crippen LogP contribution in [-0.2, 0) is 0 Å². The summed E-state index contributed by atoms with van der Waals surface area (Å²) in [5.74, 6) is 1.40. The highest BCUT2D eigenvalue weighted by molar-refractivity contribution is 5.73. The number of fused-ring (bicyclic) bond motifs is 1. The maximum atomic E-state index is 4.36. The van der Waals surface area contributed by atoms with E-state index in [4.69, 9.17) is 0 Å². The lowest BCUT2D eigenvalue weighted by Gasteiger charge is -2.29. The van der Waals surface area contributed by atoms with Crippen LogP contribution in [0.15, 0.2) is 48.9 Å². The van der Waals surface area contributed by atoms with Gasteiger partial charge < -0.3 is 15.2 Å². The fourth-order valence-electron chi connectivity index (χ4n) is 3.26. The lowest BCUT2D eigenvalue weighted by atomic mass is 10.1. The molecular weight excluding hydrogens is 328 g/mol. The zero-order chi connectivity index (χ0) is 17.3. The Hall–Kier alpha value is -3.26. The molecule has 0 amide bonds. The number of aromatic nitrogens is 6. The predicted molar refractivity (Wildman–Crippen MR) is 98.9 cm³/mol. The molecule has 2 N–H and O–H groups in total. The van der Waals surface area contributed by atoms with Crippen molar-refractivity contribution in [1.82, 2.24) is 35.1 Å². The number of nitrogens with zero attached hydrogens (tertiary/aromatic N) is 6. The molecule has 0 spiro atoms. The van der Waals surface area contributed by atoms with Crippen LogP contribution in [0.4, 0.5) is 5.69 Å². The van der Waals surface area contributed by atoms with E-state index in [0.717, 1.165) is 48.8 Å². The second kappa shape index (κ2) is 6.23. The lowest BCUT2D eigenvalue weighted by Crippen LogP contribution is -2.43. The highest BCUT2D eigenvalue weighted by atomic mass is 15.3. The smallest absolute Gasteiger partial charge is 0.167 e. The Bertz CT molecular complexity index is 1030. The normalized spacial score (nSPS) is 14.8. The molecular formula is C18H18N8. The van der Waals surface area contributed by atoms with Gasteiger partial charge in [-0.2, -0.15) is 5.10 Å². The van der Waals surface area contributed by atoms with Gasteiger partial charge in [0.1, 0.15) is 0 Å². The number of nitrogens with one attached hydrogen (secondary N) is 2. The van der Waals surface area contributed by atoms with E-state index in [-0.39, 0.29) is 0 Å². The molecule has 4 heterocycles. The standard InChI is InChI=1S/C18H18N8/c1-6-20-18-15(12-21-26(18)9-1)17-22-16(23-24-17)13-2-4-14(5-3-13)25-10-7-19-8-11-25/h1-6,9,12,19H,7-8,10-11H2,(H,22,23,24). The van der Waals surface area contributed by atoms with E-state index in [9.17, 15) is 0 Å². The van der Waals surface area contributed by atoms with E-state index in [2.05, 4.69) is 59.7 Å². The summed E-state index contributed by atoms with van der Waals surface area (Å²) in [6.45, 7) is 4.13. The Morgan fingerprint density at radius 2 is 1.77 bits per heavy atom. The fraction of sp³-hybridized carbons (Fsp3) is 0.222. The van der Waals surface area contributed by atoms with Crippen molar-refractivity contribution in [3.63, 3.8) is 0 Å². The molecule has 8 nitrogen and oxygen atoms in total. The van der Waals surface area contributed by atoms with E-state index in [1.54, 1.807) is 16.9 Å². The first kappa shape index (κ1) is 15.0. The zero-order valence-corrected chi connectivity index (χ0v) is 14.1. The van der Waals surface area contributed by atoms with Gasteiger partial charge in [-0.1, -0.05) is 0 Å². The highest BCUT2D eigenvalue weighted by Gasteiger charge is 2.14. The number of anilines is 1. The van der Waals surface area contributed by atoms with E-state index < -0.39 is 0 Å². The summed E-state index contributed by atoms with van der Waals surface area (Å²) < 4.78 is 1.72. The van der Waals surface area contributed by atoms with E-state index in [0.29, 0.717) is 5.82 Å².